The van der Waals surface area contributed by atoms with E-state index in [2.05, 4.69) is 58.5 Å². The van der Waals surface area contributed by atoms with Crippen molar-refractivity contribution in [2.45, 2.75) is 86.4 Å². The van der Waals surface area contributed by atoms with Crippen LogP contribution in [0, 0.1) is 35.5 Å². The van der Waals surface area contributed by atoms with E-state index >= 15 is 0 Å². The average molecular weight is 389 g/mol. The maximum atomic E-state index is 12.5. The number of hydrogen-bond acceptors (Lipinski definition) is 3. The Labute approximate surface area is 163 Å². The molecule has 0 spiro atoms. The summed E-state index contributed by atoms with van der Waals surface area (Å²) >= 11 is 2.81. The Bertz CT molecular complexity index is 450. The summed E-state index contributed by atoms with van der Waals surface area (Å²) in [6.07, 6.45) is 3.21. The fourth-order valence-electron chi connectivity index (χ4n) is 4.40. The second-order valence-corrected chi connectivity index (χ2v) is 9.46. The molecule has 8 atom stereocenters. The zero-order chi connectivity index (χ0) is 19.3. The molecule has 0 aromatic rings. The van der Waals surface area contributed by atoms with Gasteiger partial charge in [0.1, 0.15) is 0 Å². The Hall–Kier alpha value is -0.116. The number of hydrogen-bond donors (Lipinski definition) is 1. The summed E-state index contributed by atoms with van der Waals surface area (Å²) in [5.41, 5.74) is 0. The molecule has 1 aliphatic rings. The molecule has 1 heterocycles. The Morgan fingerprint density at radius 3 is 2.12 bits per heavy atom. The van der Waals surface area contributed by atoms with Crippen molar-refractivity contribution < 1.29 is 31.6 Å². The molecule has 1 aliphatic heterocycles. The van der Waals surface area contributed by atoms with Gasteiger partial charge in [0.05, 0.1) is 0 Å². The van der Waals surface area contributed by atoms with E-state index in [9.17, 15) is 9.90 Å². The van der Waals surface area contributed by atoms with Gasteiger partial charge in [0.2, 0.25) is 0 Å². The summed E-state index contributed by atoms with van der Waals surface area (Å²) in [6, 6.07) is 0. The molecular weight excluding hydrogens is 351 g/mol. The van der Waals surface area contributed by atoms with Gasteiger partial charge in [0.25, 0.3) is 0 Å². The number of rotatable bonds is 1. The van der Waals surface area contributed by atoms with Crippen LogP contribution in [0.2, 0.25) is 0 Å². The van der Waals surface area contributed by atoms with Gasteiger partial charge >= 0.3 is 164 Å². The third-order valence-electron chi connectivity index (χ3n) is 6.04. The van der Waals surface area contributed by atoms with Crippen LogP contribution in [0.15, 0.2) is 0 Å². The molecule has 4 heteroatoms. The minimum atomic E-state index is -0.638. The zero-order valence-corrected chi connectivity index (χ0v) is 18.6. The Balaban J connectivity index is 3.04. The van der Waals surface area contributed by atoms with Gasteiger partial charge < -0.3 is 0 Å². The van der Waals surface area contributed by atoms with Crippen molar-refractivity contribution >= 4 is 10.2 Å². The predicted octanol–water partition coefficient (Wildman–Crippen LogP) is 4.39. The van der Waals surface area contributed by atoms with Gasteiger partial charge in [-0.25, -0.2) is 0 Å². The van der Waals surface area contributed by atoms with Crippen molar-refractivity contribution in [1.82, 2.24) is 0 Å². The predicted molar refractivity (Wildman–Crippen MR) is 100 cm³/mol. The van der Waals surface area contributed by atoms with Crippen LogP contribution in [0.3, 0.4) is 0 Å². The minimum absolute atomic E-state index is 0.0719. The van der Waals surface area contributed by atoms with E-state index in [1.165, 1.54) is 4.23 Å². The van der Waals surface area contributed by atoms with Crippen LogP contribution < -0.4 is 0 Å². The van der Waals surface area contributed by atoms with Crippen molar-refractivity contribution in [1.29, 1.82) is 0 Å². The molecule has 0 aliphatic carbocycles. The number of aliphatic hydroxyl groups is 1. The molecule has 0 bridgehead atoms. The summed E-state index contributed by atoms with van der Waals surface area (Å²) in [6.45, 7) is 15.0. The molecule has 0 saturated carbocycles. The third kappa shape index (κ3) is 6.52. The van der Waals surface area contributed by atoms with Gasteiger partial charge in [-0.15, -0.1) is 0 Å². The molecule has 25 heavy (non-hydrogen) atoms. The first kappa shape index (κ1) is 22.9. The van der Waals surface area contributed by atoms with E-state index in [1.807, 2.05) is 0 Å². The van der Waals surface area contributed by atoms with Crippen LogP contribution in [-0.2, 0) is 26.5 Å². The monoisotopic (exact) mass is 389 g/mol. The fourth-order valence-corrected chi connectivity index (χ4v) is 4.73. The number of cyclic esters (lactones) is 1. The molecule has 3 nitrogen and oxygen atoms in total. The fraction of sp³-hybridized carbons (Fsp3) is 0.905. The maximum absolute atomic E-state index is 12.5. The van der Waals surface area contributed by atoms with E-state index in [0.29, 0.717) is 23.7 Å². The number of aliphatic hydroxyl groups excluding tert-OH is 1. The summed E-state index contributed by atoms with van der Waals surface area (Å²) in [7, 11) is 0. The van der Waals surface area contributed by atoms with Crippen molar-refractivity contribution in [2.75, 3.05) is 0 Å². The molecule has 1 N–H and O–H groups in total. The Morgan fingerprint density at radius 2 is 1.56 bits per heavy atom. The molecule has 1 rings (SSSR count). The molecule has 0 aromatic heterocycles. The van der Waals surface area contributed by atoms with Gasteiger partial charge in [-0.1, -0.05) is 0 Å². The first-order chi connectivity index (χ1) is 11.6. The summed E-state index contributed by atoms with van der Waals surface area (Å²) < 4.78 is 7.30. The van der Waals surface area contributed by atoms with Gasteiger partial charge in [-0.05, 0) is 0 Å². The molecule has 1 fully saturated rings. The zero-order valence-electron chi connectivity index (χ0n) is 17.2. The molecule has 0 radical (unpaired) electrons. The SMILES string of the molecule is CCC1OC(=O)C(C)C(O)C(C)CC(C)C[C@@H](C)[C](=[V])[C@H](C)C[C@H]1C. The van der Waals surface area contributed by atoms with Crippen LogP contribution in [0.1, 0.15) is 74.1 Å². The van der Waals surface area contributed by atoms with E-state index < -0.39 is 12.0 Å². The average Bonchev–Trinajstić information content (AvgIpc) is 2.55. The molecule has 5 unspecified atom stereocenters. The number of ether oxygens (including phenoxy) is 1. The summed E-state index contributed by atoms with van der Waals surface area (Å²) in [5.74, 6) is 1.29. The molecule has 1 saturated heterocycles. The quantitative estimate of drug-likeness (QED) is 0.677. The second-order valence-electron chi connectivity index (χ2n) is 8.66. The van der Waals surface area contributed by atoms with Crippen molar-refractivity contribution in [2.24, 2.45) is 35.5 Å². The van der Waals surface area contributed by atoms with Crippen LogP contribution in [-0.4, -0.2) is 27.5 Å². The normalized spacial score (nSPS) is 42.5. The topological polar surface area (TPSA) is 46.5 Å². The van der Waals surface area contributed by atoms with Gasteiger partial charge in [0.15, 0.2) is 0 Å². The van der Waals surface area contributed by atoms with Crippen molar-refractivity contribution in [3.8, 4) is 0 Å². The van der Waals surface area contributed by atoms with Crippen molar-refractivity contribution in [3.63, 3.8) is 0 Å². The van der Waals surface area contributed by atoms with Crippen molar-refractivity contribution in [3.05, 3.63) is 0 Å². The van der Waals surface area contributed by atoms with Crippen LogP contribution >= 0.6 is 0 Å². The first-order valence-electron chi connectivity index (χ1n) is 10.0. The molecule has 0 amide bonds. The van der Waals surface area contributed by atoms with E-state index in [0.717, 1.165) is 25.7 Å². The van der Waals surface area contributed by atoms with E-state index in [4.69, 9.17) is 4.74 Å². The third-order valence-corrected chi connectivity index (χ3v) is 7.41. The van der Waals surface area contributed by atoms with Gasteiger partial charge in [-0.3, -0.25) is 0 Å². The first-order valence-corrected chi connectivity index (χ1v) is 10.7. The standard InChI is InChI=1S/C21H38O3.V/c1-8-19-16(5)11-14(3)9-13(2)10-15(4)12-17(6)20(22)18(7)21(23)24-19;/h13-20,22H,8,10-12H2,1-7H3;/t13-,14-,15?,16+,17?,18?,19?,20?;/m0./s1. The summed E-state index contributed by atoms with van der Waals surface area (Å²) in [5, 5.41) is 10.6. The Morgan fingerprint density at radius 1 is 1.00 bits per heavy atom. The Kier molecular flexibility index (Phi) is 9.43. The van der Waals surface area contributed by atoms with E-state index in [-0.39, 0.29) is 18.0 Å². The second kappa shape index (κ2) is 10.3. The number of carbonyl (C=O) groups excluding carboxylic acids is 1. The van der Waals surface area contributed by atoms with E-state index in [1.54, 1.807) is 6.92 Å². The summed E-state index contributed by atoms with van der Waals surface area (Å²) in [4.78, 5) is 12.5. The number of esters is 1. The molecule has 0 aromatic carbocycles. The molecular formula is C21H38O3V. The molecule has 145 valence electrons. The van der Waals surface area contributed by atoms with Gasteiger partial charge in [0, 0.05) is 0 Å². The van der Waals surface area contributed by atoms with Crippen LogP contribution in [0.5, 0.6) is 0 Å². The number of carbonyl (C=O) groups is 1. The van der Waals surface area contributed by atoms with Crippen LogP contribution in [0.4, 0.5) is 0 Å². The van der Waals surface area contributed by atoms with Crippen LogP contribution in [0.25, 0.3) is 0 Å². The van der Waals surface area contributed by atoms with Gasteiger partial charge in [-0.2, -0.15) is 0 Å².